The molecule has 2 fully saturated rings. The Kier molecular flexibility index (Phi) is 5.85. The molecule has 1 saturated carbocycles. The van der Waals surface area contributed by atoms with E-state index in [2.05, 4.69) is 15.0 Å². The molecule has 1 amide bonds. The van der Waals surface area contributed by atoms with Crippen molar-refractivity contribution in [2.75, 3.05) is 19.6 Å². The fourth-order valence-electron chi connectivity index (χ4n) is 3.35. The zero-order chi connectivity index (χ0) is 21.1. The van der Waals surface area contributed by atoms with Crippen LogP contribution in [0.1, 0.15) is 28.8 Å². The van der Waals surface area contributed by atoms with Crippen LogP contribution in [-0.4, -0.2) is 42.9 Å². The second-order valence-electron chi connectivity index (χ2n) is 7.81. The zero-order valence-corrected chi connectivity index (χ0v) is 16.3. The van der Waals surface area contributed by atoms with Gasteiger partial charge in [0.25, 0.3) is 5.91 Å². The van der Waals surface area contributed by atoms with E-state index in [0.29, 0.717) is 36.9 Å². The number of benzene rings is 2. The molecule has 0 radical (unpaired) electrons. The van der Waals surface area contributed by atoms with E-state index in [-0.39, 0.29) is 17.8 Å². The number of amides is 1. The Bertz CT molecular complexity index is 876. The van der Waals surface area contributed by atoms with Crippen LogP contribution in [0.3, 0.4) is 0 Å². The van der Waals surface area contributed by atoms with E-state index >= 15 is 0 Å². The van der Waals surface area contributed by atoms with Gasteiger partial charge < -0.3 is 14.8 Å². The van der Waals surface area contributed by atoms with Gasteiger partial charge in [-0.15, -0.1) is 13.2 Å². The van der Waals surface area contributed by atoms with Crippen LogP contribution in [0.4, 0.5) is 13.2 Å². The van der Waals surface area contributed by atoms with Crippen LogP contribution >= 0.6 is 0 Å². The Balaban J connectivity index is 1.22. The number of carbonyl (C=O) groups is 1. The van der Waals surface area contributed by atoms with Crippen LogP contribution in [-0.2, 0) is 6.54 Å². The molecule has 30 heavy (non-hydrogen) atoms. The highest BCUT2D eigenvalue weighted by Gasteiger charge is 2.31. The summed E-state index contributed by atoms with van der Waals surface area (Å²) in [6.07, 6.45) is -2.29. The number of halogens is 3. The van der Waals surface area contributed by atoms with Gasteiger partial charge in [0.15, 0.2) is 0 Å². The Morgan fingerprint density at radius 1 is 1.07 bits per heavy atom. The third-order valence-electron chi connectivity index (χ3n) is 5.13. The molecular formula is C22H23F3N2O3. The molecule has 2 aromatic carbocycles. The molecule has 0 unspecified atom stereocenters. The Labute approximate surface area is 172 Å². The maximum absolute atomic E-state index is 12.2. The predicted octanol–water partition coefficient (Wildman–Crippen LogP) is 3.99. The lowest BCUT2D eigenvalue weighted by Gasteiger charge is -2.39. The van der Waals surface area contributed by atoms with Gasteiger partial charge in [-0.3, -0.25) is 9.69 Å². The van der Waals surface area contributed by atoms with Crippen molar-refractivity contribution in [2.45, 2.75) is 31.9 Å². The van der Waals surface area contributed by atoms with Crippen molar-refractivity contribution in [3.63, 3.8) is 0 Å². The van der Waals surface area contributed by atoms with Crippen molar-refractivity contribution in [1.82, 2.24) is 10.2 Å². The first-order valence-corrected chi connectivity index (χ1v) is 9.96. The molecule has 5 nitrogen and oxygen atoms in total. The molecule has 1 heterocycles. The van der Waals surface area contributed by atoms with Crippen LogP contribution < -0.4 is 14.8 Å². The summed E-state index contributed by atoms with van der Waals surface area (Å²) in [4.78, 5) is 14.3. The largest absolute Gasteiger partial charge is 0.573 e. The molecule has 0 spiro atoms. The topological polar surface area (TPSA) is 50.8 Å². The summed E-state index contributed by atoms with van der Waals surface area (Å²) in [5.74, 6) is 0.979. The van der Waals surface area contributed by atoms with Gasteiger partial charge in [-0.25, -0.2) is 0 Å². The van der Waals surface area contributed by atoms with Gasteiger partial charge in [-0.2, -0.15) is 0 Å². The minimum absolute atomic E-state index is 0.0163. The molecule has 160 valence electrons. The van der Waals surface area contributed by atoms with Gasteiger partial charge in [0.2, 0.25) is 0 Å². The standard InChI is InChI=1S/C22H23F3N2O3/c23-22(24,25)30-18-8-6-16(7-9-18)12-27-13-20(14-27)29-19-3-1-2-17(10-19)21(28)26-11-15-4-5-15/h1-3,6-10,15,20H,4-5,11-14H2,(H,26,28). The second kappa shape index (κ2) is 8.55. The zero-order valence-electron chi connectivity index (χ0n) is 16.3. The van der Waals surface area contributed by atoms with Gasteiger partial charge in [-0.1, -0.05) is 18.2 Å². The number of likely N-dealkylation sites (tertiary alicyclic amines) is 1. The molecule has 1 saturated heterocycles. The fraction of sp³-hybridized carbons (Fsp3) is 0.409. The lowest BCUT2D eigenvalue weighted by Crippen LogP contribution is -2.53. The highest BCUT2D eigenvalue weighted by Crippen LogP contribution is 2.28. The molecule has 4 rings (SSSR count). The van der Waals surface area contributed by atoms with E-state index in [4.69, 9.17) is 4.74 Å². The van der Waals surface area contributed by atoms with E-state index in [1.54, 1.807) is 24.3 Å². The second-order valence-corrected chi connectivity index (χ2v) is 7.81. The molecule has 1 aliphatic heterocycles. The minimum Gasteiger partial charge on any atom is -0.488 e. The lowest BCUT2D eigenvalue weighted by atomic mass is 10.1. The first-order valence-electron chi connectivity index (χ1n) is 9.96. The van der Waals surface area contributed by atoms with E-state index in [9.17, 15) is 18.0 Å². The number of hydrogen-bond acceptors (Lipinski definition) is 4. The third kappa shape index (κ3) is 5.89. The quantitative estimate of drug-likeness (QED) is 0.702. The summed E-state index contributed by atoms with van der Waals surface area (Å²) < 4.78 is 46.5. The van der Waals surface area contributed by atoms with Gasteiger partial charge in [0, 0.05) is 31.7 Å². The van der Waals surface area contributed by atoms with Crippen molar-refractivity contribution < 1.29 is 27.4 Å². The van der Waals surface area contributed by atoms with Crippen molar-refractivity contribution in [2.24, 2.45) is 5.92 Å². The van der Waals surface area contributed by atoms with E-state index in [0.717, 1.165) is 12.1 Å². The highest BCUT2D eigenvalue weighted by molar-refractivity contribution is 5.94. The Hall–Kier alpha value is -2.74. The molecule has 0 aromatic heterocycles. The van der Waals surface area contributed by atoms with E-state index in [1.807, 2.05) is 12.1 Å². The Morgan fingerprint density at radius 2 is 1.80 bits per heavy atom. The molecule has 1 aliphatic carbocycles. The molecule has 2 aromatic rings. The monoisotopic (exact) mass is 420 g/mol. The maximum Gasteiger partial charge on any atom is 0.573 e. The number of ether oxygens (including phenoxy) is 2. The maximum atomic E-state index is 12.2. The summed E-state index contributed by atoms with van der Waals surface area (Å²) in [6.45, 7) is 2.76. The van der Waals surface area contributed by atoms with Crippen molar-refractivity contribution in [3.05, 3.63) is 59.7 Å². The number of hydrogen-bond donors (Lipinski definition) is 1. The first kappa shape index (κ1) is 20.5. The van der Waals surface area contributed by atoms with Gasteiger partial charge in [-0.05, 0) is 54.7 Å². The van der Waals surface area contributed by atoms with Crippen LogP contribution in [0.2, 0.25) is 0 Å². The fourth-order valence-corrected chi connectivity index (χ4v) is 3.35. The summed E-state index contributed by atoms with van der Waals surface area (Å²) >= 11 is 0. The average Bonchev–Trinajstić information content (AvgIpc) is 3.49. The Morgan fingerprint density at radius 3 is 2.47 bits per heavy atom. The third-order valence-corrected chi connectivity index (χ3v) is 5.13. The van der Waals surface area contributed by atoms with Crippen LogP contribution in [0.25, 0.3) is 0 Å². The van der Waals surface area contributed by atoms with Gasteiger partial charge >= 0.3 is 6.36 Å². The summed E-state index contributed by atoms with van der Waals surface area (Å²) in [6, 6.07) is 13.0. The normalized spacial score (nSPS) is 17.3. The molecule has 1 N–H and O–H groups in total. The van der Waals surface area contributed by atoms with Gasteiger partial charge in [0.1, 0.15) is 17.6 Å². The number of nitrogens with one attached hydrogen (secondary N) is 1. The smallest absolute Gasteiger partial charge is 0.488 e. The summed E-state index contributed by atoms with van der Waals surface area (Å²) in [7, 11) is 0. The number of rotatable bonds is 8. The minimum atomic E-state index is -4.68. The lowest BCUT2D eigenvalue weighted by molar-refractivity contribution is -0.274. The van der Waals surface area contributed by atoms with E-state index < -0.39 is 6.36 Å². The van der Waals surface area contributed by atoms with Crippen LogP contribution in [0.15, 0.2) is 48.5 Å². The van der Waals surface area contributed by atoms with Crippen molar-refractivity contribution >= 4 is 5.91 Å². The average molecular weight is 420 g/mol. The molecule has 0 bridgehead atoms. The number of alkyl halides is 3. The molecular weight excluding hydrogens is 397 g/mol. The predicted molar refractivity (Wildman–Crippen MR) is 104 cm³/mol. The van der Waals surface area contributed by atoms with Crippen molar-refractivity contribution in [3.8, 4) is 11.5 Å². The van der Waals surface area contributed by atoms with Gasteiger partial charge in [0.05, 0.1) is 0 Å². The number of carbonyl (C=O) groups excluding carboxylic acids is 1. The van der Waals surface area contributed by atoms with Crippen molar-refractivity contribution in [1.29, 1.82) is 0 Å². The van der Waals surface area contributed by atoms with E-state index in [1.165, 1.54) is 25.0 Å². The highest BCUT2D eigenvalue weighted by atomic mass is 19.4. The summed E-state index contributed by atoms with van der Waals surface area (Å²) in [5.41, 5.74) is 1.49. The molecule has 8 heteroatoms. The van der Waals surface area contributed by atoms with Crippen LogP contribution in [0, 0.1) is 5.92 Å². The number of nitrogens with zero attached hydrogens (tertiary/aromatic N) is 1. The SMILES string of the molecule is O=C(NCC1CC1)c1cccc(OC2CN(Cc3ccc(OC(F)(F)F)cc3)C2)c1. The summed E-state index contributed by atoms with van der Waals surface area (Å²) in [5, 5.41) is 2.95. The molecule has 2 aliphatic rings. The molecule has 0 atom stereocenters. The van der Waals surface area contributed by atoms with Crippen LogP contribution in [0.5, 0.6) is 11.5 Å². The first-order chi connectivity index (χ1) is 14.3.